The van der Waals surface area contributed by atoms with E-state index in [2.05, 4.69) is 10.3 Å². The van der Waals surface area contributed by atoms with Crippen LogP contribution in [0.2, 0.25) is 5.02 Å². The van der Waals surface area contributed by atoms with Gasteiger partial charge >= 0.3 is 0 Å². The van der Waals surface area contributed by atoms with E-state index in [1.165, 1.54) is 0 Å². The first-order valence-electron chi connectivity index (χ1n) is 6.48. The summed E-state index contributed by atoms with van der Waals surface area (Å²) in [7, 11) is 0. The first kappa shape index (κ1) is 13.2. The largest absolute Gasteiger partial charge is 0.358 e. The Kier molecular flexibility index (Phi) is 3.27. The second-order valence-electron chi connectivity index (χ2n) is 5.04. The van der Waals surface area contributed by atoms with Crippen molar-refractivity contribution in [2.75, 3.05) is 5.32 Å². The molecule has 0 radical (unpaired) electrons. The van der Waals surface area contributed by atoms with E-state index >= 15 is 0 Å². The Morgan fingerprint density at radius 2 is 2.30 bits per heavy atom. The van der Waals surface area contributed by atoms with Crippen molar-refractivity contribution in [2.45, 2.75) is 31.7 Å². The lowest BCUT2D eigenvalue weighted by Gasteiger charge is -2.14. The zero-order chi connectivity index (χ0) is 14.3. The van der Waals surface area contributed by atoms with E-state index in [0.29, 0.717) is 10.9 Å². The lowest BCUT2D eigenvalue weighted by molar-refractivity contribution is -0.129. The van der Waals surface area contributed by atoms with E-state index in [9.17, 15) is 4.79 Å². The fraction of sp³-hybridized carbons (Fsp3) is 0.385. The first-order chi connectivity index (χ1) is 9.60. The van der Waals surface area contributed by atoms with E-state index in [4.69, 9.17) is 16.8 Å². The van der Waals surface area contributed by atoms with Crippen LogP contribution < -0.4 is 10.8 Å². The van der Waals surface area contributed by atoms with E-state index in [1.807, 2.05) is 10.5 Å². The minimum absolute atomic E-state index is 0.431. The minimum atomic E-state index is -0.573. The third-order valence-corrected chi connectivity index (χ3v) is 3.65. The Labute approximate surface area is 120 Å². The molecule has 7 heteroatoms. The minimum Gasteiger partial charge on any atom is -0.358 e. The zero-order valence-electron chi connectivity index (χ0n) is 10.9. The van der Waals surface area contributed by atoms with Gasteiger partial charge in [-0.1, -0.05) is 11.6 Å². The molecule has 20 heavy (non-hydrogen) atoms. The highest BCUT2D eigenvalue weighted by Gasteiger charge is 2.31. The molecule has 2 aromatic heterocycles. The highest BCUT2D eigenvalue weighted by atomic mass is 35.5. The molecule has 1 saturated carbocycles. The molecule has 2 heterocycles. The fourth-order valence-electron chi connectivity index (χ4n) is 2.19. The van der Waals surface area contributed by atoms with Gasteiger partial charge in [-0.2, -0.15) is 0 Å². The molecule has 1 fully saturated rings. The van der Waals surface area contributed by atoms with Crippen molar-refractivity contribution in [1.82, 2.24) is 14.9 Å². The lowest BCUT2D eigenvalue weighted by atomic mass is 10.2. The van der Waals surface area contributed by atoms with Crippen LogP contribution in [0.4, 0.5) is 5.82 Å². The van der Waals surface area contributed by atoms with Crippen molar-refractivity contribution in [1.29, 1.82) is 0 Å². The summed E-state index contributed by atoms with van der Waals surface area (Å²) in [6.45, 7) is 1.67. The Morgan fingerprint density at radius 1 is 1.55 bits per heavy atom. The number of anilines is 1. The molecule has 3 N–H and O–H groups in total. The summed E-state index contributed by atoms with van der Waals surface area (Å²) in [5, 5.41) is 12.4. The average molecular weight is 295 g/mol. The molecule has 0 saturated heterocycles. The topological polar surface area (TPSA) is 78.7 Å². The smallest absolute Gasteiger partial charge is 0.265 e. The number of carbonyl (C=O) groups excluding carboxylic acids is 1. The first-order valence-corrected chi connectivity index (χ1v) is 6.86. The monoisotopic (exact) mass is 294 g/mol. The number of pyridine rings is 1. The number of halogens is 1. The van der Waals surface area contributed by atoms with Gasteiger partial charge in [0.05, 0.1) is 10.7 Å². The van der Waals surface area contributed by atoms with Gasteiger partial charge in [0.25, 0.3) is 5.91 Å². The van der Waals surface area contributed by atoms with Crippen LogP contribution in [0.1, 0.15) is 31.4 Å². The van der Waals surface area contributed by atoms with Gasteiger partial charge in [-0.3, -0.25) is 14.4 Å². The molecule has 1 amide bonds. The summed E-state index contributed by atoms with van der Waals surface area (Å²) in [6, 6.07) is 3.06. The van der Waals surface area contributed by atoms with Crippen LogP contribution in [0.5, 0.6) is 0 Å². The molecule has 0 bridgehead atoms. The molecule has 6 nitrogen and oxygen atoms in total. The number of amides is 1. The summed E-state index contributed by atoms with van der Waals surface area (Å²) >= 11 is 6.03. The van der Waals surface area contributed by atoms with Gasteiger partial charge in [-0.05, 0) is 31.9 Å². The maximum Gasteiger partial charge on any atom is 0.265 e. The van der Waals surface area contributed by atoms with Crippen LogP contribution in [-0.4, -0.2) is 26.5 Å². The van der Waals surface area contributed by atoms with Crippen molar-refractivity contribution < 1.29 is 10.0 Å². The fourth-order valence-corrected chi connectivity index (χ4v) is 2.35. The Balaban J connectivity index is 2.04. The van der Waals surface area contributed by atoms with Gasteiger partial charge in [-0.15, -0.1) is 0 Å². The number of hydrogen-bond acceptors (Lipinski definition) is 4. The number of imidazole rings is 1. The zero-order valence-corrected chi connectivity index (χ0v) is 11.7. The highest BCUT2D eigenvalue weighted by molar-refractivity contribution is 6.30. The second-order valence-corrected chi connectivity index (χ2v) is 5.47. The van der Waals surface area contributed by atoms with E-state index in [0.717, 1.165) is 30.0 Å². The molecule has 3 rings (SSSR count). The molecule has 1 atom stereocenters. The number of aromatic nitrogens is 2. The summed E-state index contributed by atoms with van der Waals surface area (Å²) in [4.78, 5) is 16.1. The lowest BCUT2D eigenvalue weighted by Crippen LogP contribution is -2.36. The standard InChI is InChI=1S/C13H15ClN4O2/c1-7(13(19)17-20)15-12-11(8-2-3-8)16-10-5-4-9(14)6-18(10)12/h4-8,15,20H,2-3H2,1H3,(H,17,19). The van der Waals surface area contributed by atoms with Gasteiger partial charge in [0, 0.05) is 12.1 Å². The van der Waals surface area contributed by atoms with E-state index in [1.54, 1.807) is 24.7 Å². The molecule has 1 aliphatic carbocycles. The maximum absolute atomic E-state index is 11.5. The molecule has 0 aliphatic heterocycles. The second kappa shape index (κ2) is 4.96. The van der Waals surface area contributed by atoms with Crippen LogP contribution in [0, 0.1) is 0 Å². The number of nitrogens with one attached hydrogen (secondary N) is 2. The van der Waals surface area contributed by atoms with Crippen molar-refractivity contribution in [2.24, 2.45) is 0 Å². The number of hydroxylamine groups is 1. The molecule has 106 valence electrons. The Morgan fingerprint density at radius 3 is 2.95 bits per heavy atom. The maximum atomic E-state index is 11.5. The van der Waals surface area contributed by atoms with Crippen LogP contribution in [0.25, 0.3) is 5.65 Å². The SMILES string of the molecule is CC(Nc1c(C2CC2)nc2ccc(Cl)cn12)C(=O)NO. The highest BCUT2D eigenvalue weighted by Crippen LogP contribution is 2.43. The molecule has 0 spiro atoms. The van der Waals surface area contributed by atoms with Gasteiger partial charge in [0.15, 0.2) is 0 Å². The summed E-state index contributed by atoms with van der Waals surface area (Å²) in [6.07, 6.45) is 3.97. The van der Waals surface area contributed by atoms with Gasteiger partial charge < -0.3 is 5.32 Å². The number of nitrogens with zero attached hydrogens (tertiary/aromatic N) is 2. The van der Waals surface area contributed by atoms with Gasteiger partial charge in [0.2, 0.25) is 0 Å². The molecule has 1 aliphatic rings. The number of fused-ring (bicyclic) bond motifs is 1. The number of carbonyl (C=O) groups is 1. The number of rotatable bonds is 4. The molecular weight excluding hydrogens is 280 g/mol. The predicted molar refractivity (Wildman–Crippen MR) is 75.2 cm³/mol. The van der Waals surface area contributed by atoms with Crippen molar-refractivity contribution in [3.63, 3.8) is 0 Å². The molecule has 1 unspecified atom stereocenters. The quantitative estimate of drug-likeness (QED) is 0.596. The third-order valence-electron chi connectivity index (χ3n) is 3.43. The summed E-state index contributed by atoms with van der Waals surface area (Å²) in [5.74, 6) is 0.699. The summed E-state index contributed by atoms with van der Waals surface area (Å²) < 4.78 is 1.84. The van der Waals surface area contributed by atoms with Crippen LogP contribution in [0.15, 0.2) is 18.3 Å². The van der Waals surface area contributed by atoms with Crippen LogP contribution in [0.3, 0.4) is 0 Å². The average Bonchev–Trinajstić information content (AvgIpc) is 3.22. The predicted octanol–water partition coefficient (Wildman–Crippen LogP) is 2.17. The normalized spacial score (nSPS) is 16.1. The van der Waals surface area contributed by atoms with Crippen molar-refractivity contribution in [3.05, 3.63) is 29.0 Å². The van der Waals surface area contributed by atoms with Crippen molar-refractivity contribution in [3.8, 4) is 0 Å². The molecule has 0 aromatic carbocycles. The van der Waals surface area contributed by atoms with Crippen LogP contribution >= 0.6 is 11.6 Å². The Hall–Kier alpha value is -1.79. The van der Waals surface area contributed by atoms with Gasteiger partial charge in [-0.25, -0.2) is 10.5 Å². The molecular formula is C13H15ClN4O2. The van der Waals surface area contributed by atoms with E-state index < -0.39 is 11.9 Å². The molecule has 2 aromatic rings. The van der Waals surface area contributed by atoms with Gasteiger partial charge in [0.1, 0.15) is 17.5 Å². The third kappa shape index (κ3) is 2.32. The Bertz CT molecular complexity index is 666. The number of hydrogen-bond donors (Lipinski definition) is 3. The van der Waals surface area contributed by atoms with Crippen molar-refractivity contribution >= 4 is 29.0 Å². The van der Waals surface area contributed by atoms with Crippen LogP contribution in [-0.2, 0) is 4.79 Å². The van der Waals surface area contributed by atoms with E-state index in [-0.39, 0.29) is 0 Å². The summed E-state index contributed by atoms with van der Waals surface area (Å²) in [5.41, 5.74) is 3.38.